The molecule has 0 saturated carbocycles. The van der Waals surface area contributed by atoms with Crippen LogP contribution in [-0.4, -0.2) is 26.0 Å². The smallest absolute Gasteiger partial charge is 0.161 e. The third-order valence-corrected chi connectivity index (χ3v) is 6.87. The third kappa shape index (κ3) is 2.25. The number of nitrogens with zero attached hydrogens (tertiary/aromatic N) is 3. The van der Waals surface area contributed by atoms with Gasteiger partial charge in [0, 0.05) is 6.20 Å². The van der Waals surface area contributed by atoms with Crippen molar-refractivity contribution in [2.24, 2.45) is 0 Å². The molecular formula is C15H19N3S2. The molecule has 0 spiro atoms. The maximum Gasteiger partial charge on any atom is 0.161 e. The van der Waals surface area contributed by atoms with Crippen LogP contribution in [0.5, 0.6) is 0 Å². The predicted octanol–water partition coefficient (Wildman–Crippen LogP) is 4.42. The van der Waals surface area contributed by atoms with Crippen LogP contribution in [0, 0.1) is 0 Å². The van der Waals surface area contributed by atoms with E-state index < -0.39 is 0 Å². The van der Waals surface area contributed by atoms with Crippen molar-refractivity contribution in [2.75, 3.05) is 11.5 Å². The van der Waals surface area contributed by atoms with E-state index in [9.17, 15) is 0 Å². The molecule has 0 aliphatic carbocycles. The summed E-state index contributed by atoms with van der Waals surface area (Å²) in [6, 6.07) is 4.11. The Hall–Kier alpha value is -0.680. The lowest BCUT2D eigenvalue weighted by atomic mass is 10.2. The van der Waals surface area contributed by atoms with Gasteiger partial charge in [0.05, 0.1) is 10.6 Å². The number of rotatable bonds is 2. The van der Waals surface area contributed by atoms with E-state index in [0.29, 0.717) is 10.6 Å². The van der Waals surface area contributed by atoms with Crippen LogP contribution in [0.1, 0.15) is 48.6 Å². The molecule has 4 heterocycles. The van der Waals surface area contributed by atoms with E-state index in [0.717, 1.165) is 11.2 Å². The number of hydrogen-bond acceptors (Lipinski definition) is 4. The number of aromatic nitrogens is 3. The van der Waals surface area contributed by atoms with E-state index in [1.54, 1.807) is 0 Å². The van der Waals surface area contributed by atoms with Crippen LogP contribution < -0.4 is 0 Å². The Labute approximate surface area is 127 Å². The minimum Gasteiger partial charge on any atom is -0.299 e. The third-order valence-electron chi connectivity index (χ3n) is 4.14. The highest BCUT2D eigenvalue weighted by Gasteiger charge is 2.28. The van der Waals surface area contributed by atoms with E-state index in [2.05, 4.69) is 39.1 Å². The minimum absolute atomic E-state index is 0.542. The zero-order chi connectivity index (χ0) is 13.4. The average Bonchev–Trinajstić information content (AvgIpc) is 3.15. The molecule has 20 heavy (non-hydrogen) atoms. The molecule has 2 fully saturated rings. The van der Waals surface area contributed by atoms with Crippen LogP contribution in [-0.2, 0) is 0 Å². The monoisotopic (exact) mass is 305 g/mol. The Morgan fingerprint density at radius 1 is 1.10 bits per heavy atom. The second-order valence-corrected chi connectivity index (χ2v) is 8.11. The average molecular weight is 305 g/mol. The Balaban J connectivity index is 1.83. The fraction of sp³-hybridized carbons (Fsp3) is 0.600. The van der Waals surface area contributed by atoms with Gasteiger partial charge in [-0.1, -0.05) is 0 Å². The van der Waals surface area contributed by atoms with Gasteiger partial charge in [-0.15, -0.1) is 11.8 Å². The summed E-state index contributed by atoms with van der Waals surface area (Å²) in [4.78, 5) is 9.56. The number of imidazole rings is 1. The van der Waals surface area contributed by atoms with Gasteiger partial charge in [-0.2, -0.15) is 11.8 Å². The summed E-state index contributed by atoms with van der Waals surface area (Å²) < 4.78 is 2.46. The molecule has 2 atom stereocenters. The molecule has 0 amide bonds. The van der Waals surface area contributed by atoms with Crippen LogP contribution in [0.2, 0.25) is 0 Å². The van der Waals surface area contributed by atoms with Gasteiger partial charge in [0.15, 0.2) is 5.65 Å². The fourth-order valence-electron chi connectivity index (χ4n) is 3.17. The molecule has 0 bridgehead atoms. The lowest BCUT2D eigenvalue weighted by Gasteiger charge is -2.25. The van der Waals surface area contributed by atoms with Gasteiger partial charge in [0.25, 0.3) is 0 Å². The Bertz CT molecular complexity index is 598. The summed E-state index contributed by atoms with van der Waals surface area (Å²) in [6.45, 7) is 0. The van der Waals surface area contributed by atoms with Gasteiger partial charge >= 0.3 is 0 Å². The topological polar surface area (TPSA) is 30.7 Å². The van der Waals surface area contributed by atoms with Gasteiger partial charge in [0.2, 0.25) is 0 Å². The summed E-state index contributed by atoms with van der Waals surface area (Å²) in [5.41, 5.74) is 2.16. The molecule has 2 aromatic heterocycles. The number of hydrogen-bond donors (Lipinski definition) is 0. The van der Waals surface area contributed by atoms with Gasteiger partial charge in [-0.25, -0.2) is 9.97 Å². The van der Waals surface area contributed by atoms with E-state index >= 15 is 0 Å². The van der Waals surface area contributed by atoms with Gasteiger partial charge in [-0.3, -0.25) is 4.57 Å². The highest BCUT2D eigenvalue weighted by Crippen LogP contribution is 2.44. The van der Waals surface area contributed by atoms with Crippen LogP contribution in [0.15, 0.2) is 18.3 Å². The first-order valence-electron chi connectivity index (χ1n) is 7.49. The second-order valence-electron chi connectivity index (χ2n) is 5.51. The number of thioether (sulfide) groups is 2. The van der Waals surface area contributed by atoms with Gasteiger partial charge in [0.1, 0.15) is 11.3 Å². The lowest BCUT2D eigenvalue weighted by molar-refractivity contribution is 0.553. The molecule has 2 saturated heterocycles. The minimum atomic E-state index is 0.542. The predicted molar refractivity (Wildman–Crippen MR) is 87.3 cm³/mol. The second kappa shape index (κ2) is 5.60. The fourth-order valence-corrected chi connectivity index (χ4v) is 5.77. The molecule has 5 heteroatoms. The highest BCUT2D eigenvalue weighted by molar-refractivity contribution is 7.99. The normalized spacial score (nSPS) is 27.2. The van der Waals surface area contributed by atoms with Crippen molar-refractivity contribution in [1.82, 2.24) is 14.5 Å². The maximum absolute atomic E-state index is 4.94. The van der Waals surface area contributed by atoms with Crippen LogP contribution >= 0.6 is 23.5 Å². The molecule has 0 N–H and O–H groups in total. The SMILES string of the molecule is c1cnc2c(c1)nc(C1CCCS1)n2C1CCCCS1. The Morgan fingerprint density at radius 3 is 2.85 bits per heavy atom. The lowest BCUT2D eigenvalue weighted by Crippen LogP contribution is -2.14. The Kier molecular flexibility index (Phi) is 3.65. The first kappa shape index (κ1) is 13.0. The number of pyridine rings is 1. The Morgan fingerprint density at radius 2 is 2.05 bits per heavy atom. The molecular weight excluding hydrogens is 286 g/mol. The van der Waals surface area contributed by atoms with E-state index in [-0.39, 0.29) is 0 Å². The maximum atomic E-state index is 4.94. The quantitative estimate of drug-likeness (QED) is 0.822. The van der Waals surface area contributed by atoms with E-state index in [1.807, 2.05) is 12.3 Å². The van der Waals surface area contributed by atoms with Crippen molar-refractivity contribution in [3.05, 3.63) is 24.2 Å². The summed E-state index contributed by atoms with van der Waals surface area (Å²) in [7, 11) is 0. The molecule has 2 aliphatic rings. The first-order chi connectivity index (χ1) is 9.93. The summed E-state index contributed by atoms with van der Waals surface area (Å²) >= 11 is 4.15. The molecule has 0 radical (unpaired) electrons. The molecule has 3 nitrogen and oxygen atoms in total. The van der Waals surface area contributed by atoms with Crippen molar-refractivity contribution >= 4 is 34.7 Å². The van der Waals surface area contributed by atoms with Crippen LogP contribution in [0.3, 0.4) is 0 Å². The van der Waals surface area contributed by atoms with Crippen molar-refractivity contribution in [3.63, 3.8) is 0 Å². The zero-order valence-corrected chi connectivity index (χ0v) is 13.1. The van der Waals surface area contributed by atoms with Crippen molar-refractivity contribution < 1.29 is 0 Å². The highest BCUT2D eigenvalue weighted by atomic mass is 32.2. The number of fused-ring (bicyclic) bond motifs is 1. The zero-order valence-electron chi connectivity index (χ0n) is 11.5. The van der Waals surface area contributed by atoms with Crippen LogP contribution in [0.4, 0.5) is 0 Å². The summed E-state index contributed by atoms with van der Waals surface area (Å²) in [5.74, 6) is 3.83. The van der Waals surface area contributed by atoms with E-state index in [4.69, 9.17) is 4.98 Å². The van der Waals surface area contributed by atoms with E-state index in [1.165, 1.54) is 49.4 Å². The van der Waals surface area contributed by atoms with Gasteiger partial charge < -0.3 is 0 Å². The first-order valence-corrected chi connectivity index (χ1v) is 9.59. The molecule has 2 aromatic rings. The molecule has 2 aliphatic heterocycles. The van der Waals surface area contributed by atoms with Crippen molar-refractivity contribution in [3.8, 4) is 0 Å². The van der Waals surface area contributed by atoms with Crippen molar-refractivity contribution in [1.29, 1.82) is 0 Å². The summed E-state index contributed by atoms with van der Waals surface area (Å²) in [5, 5.41) is 1.12. The molecule has 4 rings (SSSR count). The van der Waals surface area contributed by atoms with Crippen LogP contribution in [0.25, 0.3) is 11.2 Å². The largest absolute Gasteiger partial charge is 0.299 e. The summed E-state index contributed by atoms with van der Waals surface area (Å²) in [6.07, 6.45) is 8.45. The molecule has 106 valence electrons. The van der Waals surface area contributed by atoms with Crippen molar-refractivity contribution in [2.45, 2.75) is 42.7 Å². The van der Waals surface area contributed by atoms with Gasteiger partial charge in [-0.05, 0) is 55.7 Å². The molecule has 2 unspecified atom stereocenters. The molecule has 0 aromatic carbocycles. The standard InChI is InChI=1S/C15H19N3S2/c1-2-9-20-13(7-1)18-14-11(5-3-8-16-14)17-15(18)12-6-4-10-19-12/h3,5,8,12-13H,1-2,4,6-7,9-10H2.